The zero-order chi connectivity index (χ0) is 13.1. The first kappa shape index (κ1) is 14.3. The molecule has 0 heterocycles. The first-order valence-electron chi connectivity index (χ1n) is 7.75. The number of ether oxygens (including phenoxy) is 1. The van der Waals surface area contributed by atoms with Gasteiger partial charge >= 0.3 is 0 Å². The Morgan fingerprint density at radius 2 is 1.39 bits per heavy atom. The van der Waals surface area contributed by atoms with Gasteiger partial charge in [0.1, 0.15) is 5.60 Å². The van der Waals surface area contributed by atoms with Gasteiger partial charge in [-0.15, -0.1) is 0 Å². The SMILES string of the molecule is COC1(C2CCCCCC2)CCCCCC1(N)N. The summed E-state index contributed by atoms with van der Waals surface area (Å²) < 4.78 is 6.02. The minimum atomic E-state index is -0.646. The molecule has 18 heavy (non-hydrogen) atoms. The van der Waals surface area contributed by atoms with Crippen LogP contribution in [0.2, 0.25) is 0 Å². The van der Waals surface area contributed by atoms with Crippen molar-refractivity contribution in [1.82, 2.24) is 0 Å². The molecular weight excluding hydrogens is 224 g/mol. The first-order chi connectivity index (χ1) is 8.62. The van der Waals surface area contributed by atoms with E-state index in [1.165, 1.54) is 51.4 Å². The second-order valence-electron chi connectivity index (χ2n) is 6.38. The summed E-state index contributed by atoms with van der Waals surface area (Å²) in [5, 5.41) is 0. The lowest BCUT2D eigenvalue weighted by Crippen LogP contribution is -2.70. The maximum atomic E-state index is 6.50. The van der Waals surface area contributed by atoms with E-state index in [1.807, 2.05) is 7.11 Å². The zero-order valence-electron chi connectivity index (χ0n) is 11.9. The molecule has 1 unspecified atom stereocenters. The molecule has 4 N–H and O–H groups in total. The van der Waals surface area contributed by atoms with Gasteiger partial charge < -0.3 is 16.2 Å². The summed E-state index contributed by atoms with van der Waals surface area (Å²) in [6.45, 7) is 0. The van der Waals surface area contributed by atoms with E-state index in [4.69, 9.17) is 16.2 Å². The smallest absolute Gasteiger partial charge is 0.101 e. The molecule has 1 atom stereocenters. The van der Waals surface area contributed by atoms with Gasteiger partial charge in [0.25, 0.3) is 0 Å². The molecule has 2 saturated carbocycles. The molecule has 2 aliphatic carbocycles. The van der Waals surface area contributed by atoms with Crippen molar-refractivity contribution in [2.24, 2.45) is 17.4 Å². The number of rotatable bonds is 2. The van der Waals surface area contributed by atoms with E-state index in [2.05, 4.69) is 0 Å². The average molecular weight is 254 g/mol. The minimum Gasteiger partial charge on any atom is -0.375 e. The summed E-state index contributed by atoms with van der Waals surface area (Å²) in [5.74, 6) is 0.554. The van der Waals surface area contributed by atoms with E-state index in [0.29, 0.717) is 5.92 Å². The largest absolute Gasteiger partial charge is 0.375 e. The van der Waals surface area contributed by atoms with Crippen LogP contribution in [0.4, 0.5) is 0 Å². The molecule has 2 fully saturated rings. The lowest BCUT2D eigenvalue weighted by Gasteiger charge is -2.49. The molecule has 0 aromatic heterocycles. The molecule has 106 valence electrons. The third-order valence-electron chi connectivity index (χ3n) is 5.31. The Labute approximate surface area is 112 Å². The third kappa shape index (κ3) is 2.59. The van der Waals surface area contributed by atoms with Gasteiger partial charge in [0.2, 0.25) is 0 Å². The Bertz CT molecular complexity index is 259. The van der Waals surface area contributed by atoms with Gasteiger partial charge in [0.05, 0.1) is 5.66 Å². The molecule has 0 aromatic rings. The summed E-state index contributed by atoms with van der Waals surface area (Å²) in [5.41, 5.74) is 12.1. The van der Waals surface area contributed by atoms with Crippen LogP contribution in [-0.4, -0.2) is 18.4 Å². The maximum Gasteiger partial charge on any atom is 0.101 e. The van der Waals surface area contributed by atoms with Crippen LogP contribution in [0.5, 0.6) is 0 Å². The molecular formula is C15H30N2O. The van der Waals surface area contributed by atoms with Gasteiger partial charge in [-0.05, 0) is 31.6 Å². The lowest BCUT2D eigenvalue weighted by molar-refractivity contribution is -0.122. The normalized spacial score (nSPS) is 34.8. The van der Waals surface area contributed by atoms with Gasteiger partial charge in [0.15, 0.2) is 0 Å². The molecule has 0 aromatic carbocycles. The van der Waals surface area contributed by atoms with Crippen LogP contribution < -0.4 is 11.5 Å². The van der Waals surface area contributed by atoms with E-state index < -0.39 is 5.66 Å². The predicted octanol–water partition coefficient (Wildman–Crippen LogP) is 2.92. The highest BCUT2D eigenvalue weighted by Gasteiger charge is 2.52. The highest BCUT2D eigenvalue weighted by Crippen LogP contribution is 2.44. The van der Waals surface area contributed by atoms with Gasteiger partial charge in [-0.1, -0.05) is 44.9 Å². The van der Waals surface area contributed by atoms with Crippen molar-refractivity contribution < 1.29 is 4.74 Å². The number of methoxy groups -OCH3 is 1. The monoisotopic (exact) mass is 254 g/mol. The summed E-state index contributed by atoms with van der Waals surface area (Å²) in [6.07, 6.45) is 13.4. The third-order valence-corrected chi connectivity index (χ3v) is 5.31. The van der Waals surface area contributed by atoms with Crippen molar-refractivity contribution in [2.45, 2.75) is 81.9 Å². The standard InChI is InChI=1S/C15H30N2O/c1-18-14(13-9-5-2-3-6-10-13)11-7-4-8-12-15(14,16)17/h13H,2-12,16-17H2,1H3. The van der Waals surface area contributed by atoms with Crippen LogP contribution in [0.15, 0.2) is 0 Å². The fraction of sp³-hybridized carbons (Fsp3) is 1.00. The molecule has 0 aliphatic heterocycles. The zero-order valence-corrected chi connectivity index (χ0v) is 11.9. The fourth-order valence-corrected chi connectivity index (χ4v) is 4.21. The lowest BCUT2D eigenvalue weighted by atomic mass is 9.71. The fourth-order valence-electron chi connectivity index (χ4n) is 4.21. The summed E-state index contributed by atoms with van der Waals surface area (Å²) in [6, 6.07) is 0. The Hall–Kier alpha value is -0.120. The van der Waals surface area contributed by atoms with Crippen molar-refractivity contribution in [2.75, 3.05) is 7.11 Å². The van der Waals surface area contributed by atoms with Gasteiger partial charge in [-0.25, -0.2) is 0 Å². The molecule has 3 nitrogen and oxygen atoms in total. The molecule has 0 saturated heterocycles. The topological polar surface area (TPSA) is 61.3 Å². The van der Waals surface area contributed by atoms with E-state index in [0.717, 1.165) is 19.3 Å². The Morgan fingerprint density at radius 3 is 2.00 bits per heavy atom. The van der Waals surface area contributed by atoms with Crippen LogP contribution in [0.1, 0.15) is 70.6 Å². The highest BCUT2D eigenvalue weighted by molar-refractivity contribution is 5.06. The minimum absolute atomic E-state index is 0.284. The molecule has 2 rings (SSSR count). The molecule has 0 spiro atoms. The van der Waals surface area contributed by atoms with E-state index in [-0.39, 0.29) is 5.60 Å². The summed E-state index contributed by atoms with van der Waals surface area (Å²) in [4.78, 5) is 0. The Kier molecular flexibility index (Phi) is 4.68. The van der Waals surface area contributed by atoms with Crippen molar-refractivity contribution >= 4 is 0 Å². The van der Waals surface area contributed by atoms with E-state index in [1.54, 1.807) is 0 Å². The Morgan fingerprint density at radius 1 is 0.833 bits per heavy atom. The molecule has 0 bridgehead atoms. The van der Waals surface area contributed by atoms with Crippen molar-refractivity contribution in [3.05, 3.63) is 0 Å². The van der Waals surface area contributed by atoms with Crippen LogP contribution in [0, 0.1) is 5.92 Å². The van der Waals surface area contributed by atoms with Gasteiger partial charge in [-0.2, -0.15) is 0 Å². The second-order valence-corrected chi connectivity index (χ2v) is 6.38. The molecule has 0 radical (unpaired) electrons. The first-order valence-corrected chi connectivity index (χ1v) is 7.75. The molecule has 0 amide bonds. The van der Waals surface area contributed by atoms with Crippen LogP contribution >= 0.6 is 0 Å². The van der Waals surface area contributed by atoms with Crippen molar-refractivity contribution in [1.29, 1.82) is 0 Å². The maximum absolute atomic E-state index is 6.50. The van der Waals surface area contributed by atoms with Crippen LogP contribution in [0.25, 0.3) is 0 Å². The van der Waals surface area contributed by atoms with Crippen LogP contribution in [-0.2, 0) is 4.74 Å². The number of hydrogen-bond acceptors (Lipinski definition) is 3. The second kappa shape index (κ2) is 5.89. The summed E-state index contributed by atoms with van der Waals surface area (Å²) in [7, 11) is 1.82. The number of nitrogens with two attached hydrogens (primary N) is 2. The molecule has 3 heteroatoms. The van der Waals surface area contributed by atoms with Gasteiger partial charge in [0, 0.05) is 7.11 Å². The Balaban J connectivity index is 2.24. The van der Waals surface area contributed by atoms with Crippen molar-refractivity contribution in [3.63, 3.8) is 0 Å². The van der Waals surface area contributed by atoms with Crippen molar-refractivity contribution in [3.8, 4) is 0 Å². The molecule has 2 aliphatic rings. The summed E-state index contributed by atoms with van der Waals surface area (Å²) >= 11 is 0. The van der Waals surface area contributed by atoms with Crippen LogP contribution in [0.3, 0.4) is 0 Å². The predicted molar refractivity (Wildman–Crippen MR) is 75.1 cm³/mol. The van der Waals surface area contributed by atoms with Gasteiger partial charge in [-0.3, -0.25) is 0 Å². The average Bonchev–Trinajstić information content (AvgIpc) is 2.68. The quantitative estimate of drug-likeness (QED) is 0.588. The number of hydrogen-bond donors (Lipinski definition) is 2. The van der Waals surface area contributed by atoms with E-state index >= 15 is 0 Å². The highest BCUT2D eigenvalue weighted by atomic mass is 16.5. The van der Waals surface area contributed by atoms with E-state index in [9.17, 15) is 0 Å².